The van der Waals surface area contributed by atoms with Gasteiger partial charge in [0.25, 0.3) is 0 Å². The molecular formula is C31H34ClN3O2. The maximum Gasteiger partial charge on any atom is 0.227 e. The number of ether oxygens (including phenoxy) is 1. The Morgan fingerprint density at radius 1 is 1.00 bits per heavy atom. The van der Waals surface area contributed by atoms with Crippen LogP contribution in [-0.4, -0.2) is 28.6 Å². The van der Waals surface area contributed by atoms with Crippen LogP contribution in [-0.2, 0) is 16.8 Å². The maximum atomic E-state index is 13.0. The summed E-state index contributed by atoms with van der Waals surface area (Å²) < 4.78 is 8.50. The van der Waals surface area contributed by atoms with Gasteiger partial charge in [-0.15, -0.1) is 0 Å². The third kappa shape index (κ3) is 5.52. The number of hydrogen-bond donors (Lipinski definition) is 0. The van der Waals surface area contributed by atoms with Gasteiger partial charge in [-0.25, -0.2) is 4.98 Å². The lowest BCUT2D eigenvalue weighted by Crippen LogP contribution is -2.24. The smallest absolute Gasteiger partial charge is 0.227 e. The first-order chi connectivity index (χ1) is 17.8. The van der Waals surface area contributed by atoms with Crippen LogP contribution in [0.3, 0.4) is 0 Å². The Kier molecular flexibility index (Phi) is 7.25. The summed E-state index contributed by atoms with van der Waals surface area (Å²) >= 11 is 6.19. The molecule has 1 atom stereocenters. The van der Waals surface area contributed by atoms with E-state index in [0.29, 0.717) is 24.6 Å². The Balaban J connectivity index is 1.28. The summed E-state index contributed by atoms with van der Waals surface area (Å²) in [6.07, 6.45) is 2.34. The van der Waals surface area contributed by atoms with E-state index in [1.54, 1.807) is 0 Å². The van der Waals surface area contributed by atoms with Crippen LogP contribution >= 0.6 is 11.6 Å². The molecule has 5 rings (SSSR count). The highest BCUT2D eigenvalue weighted by Gasteiger charge is 2.34. The molecule has 3 aromatic carbocycles. The van der Waals surface area contributed by atoms with Gasteiger partial charge in [-0.2, -0.15) is 0 Å². The van der Waals surface area contributed by atoms with Crippen molar-refractivity contribution in [1.82, 2.24) is 9.55 Å². The van der Waals surface area contributed by atoms with Crippen LogP contribution in [0.15, 0.2) is 72.8 Å². The van der Waals surface area contributed by atoms with Gasteiger partial charge in [0, 0.05) is 36.1 Å². The molecule has 1 aromatic heterocycles. The molecule has 4 aromatic rings. The second-order valence-electron chi connectivity index (χ2n) is 10.8. The van der Waals surface area contributed by atoms with Crippen LogP contribution in [0.25, 0.3) is 11.0 Å². The van der Waals surface area contributed by atoms with Crippen LogP contribution in [0.2, 0.25) is 5.02 Å². The summed E-state index contributed by atoms with van der Waals surface area (Å²) in [5, 5.41) is 0.633. The highest BCUT2D eigenvalue weighted by molar-refractivity contribution is 6.30. The van der Waals surface area contributed by atoms with Crippen molar-refractivity contribution in [3.8, 4) is 5.75 Å². The normalized spacial score (nSPS) is 16.1. The molecule has 1 fully saturated rings. The van der Waals surface area contributed by atoms with Gasteiger partial charge in [0.2, 0.25) is 5.91 Å². The predicted molar refractivity (Wildman–Crippen MR) is 151 cm³/mol. The number of fused-ring (bicyclic) bond motifs is 1. The number of para-hydroxylation sites is 3. The fraction of sp³-hybridized carbons (Fsp3) is 0.355. The van der Waals surface area contributed by atoms with Crippen LogP contribution in [0.4, 0.5) is 5.69 Å². The van der Waals surface area contributed by atoms with Crippen molar-refractivity contribution in [2.45, 2.75) is 57.9 Å². The van der Waals surface area contributed by atoms with Crippen molar-refractivity contribution < 1.29 is 9.53 Å². The molecular weight excluding hydrogens is 482 g/mol. The van der Waals surface area contributed by atoms with Gasteiger partial charge < -0.3 is 14.2 Å². The van der Waals surface area contributed by atoms with E-state index in [9.17, 15) is 4.79 Å². The Morgan fingerprint density at radius 2 is 1.78 bits per heavy atom. The van der Waals surface area contributed by atoms with E-state index in [1.165, 1.54) is 5.56 Å². The Hall–Kier alpha value is -3.31. The summed E-state index contributed by atoms with van der Waals surface area (Å²) in [6, 6.07) is 24.0. The molecule has 2 heterocycles. The van der Waals surface area contributed by atoms with Crippen LogP contribution in [0.1, 0.15) is 57.3 Å². The van der Waals surface area contributed by atoms with Crippen molar-refractivity contribution in [2.24, 2.45) is 0 Å². The van der Waals surface area contributed by atoms with Crippen molar-refractivity contribution in [2.75, 3.05) is 18.1 Å². The molecule has 0 bridgehead atoms. The summed E-state index contributed by atoms with van der Waals surface area (Å²) in [6.45, 7) is 8.74. The summed E-state index contributed by atoms with van der Waals surface area (Å²) in [5.41, 5.74) is 4.20. The van der Waals surface area contributed by atoms with Crippen LogP contribution in [0, 0.1) is 0 Å². The lowest BCUT2D eigenvalue weighted by atomic mass is 9.86. The van der Waals surface area contributed by atoms with Gasteiger partial charge in [-0.1, -0.05) is 68.8 Å². The number of amides is 1. The third-order valence-corrected chi connectivity index (χ3v) is 7.26. The highest BCUT2D eigenvalue weighted by atomic mass is 35.5. The molecule has 1 aliphatic rings. The van der Waals surface area contributed by atoms with Crippen LogP contribution < -0.4 is 9.64 Å². The first kappa shape index (κ1) is 25.3. The lowest BCUT2D eigenvalue weighted by molar-refractivity contribution is -0.117. The second kappa shape index (κ2) is 10.6. The molecule has 1 amide bonds. The Bertz CT molecular complexity index is 1410. The van der Waals surface area contributed by atoms with Gasteiger partial charge >= 0.3 is 0 Å². The van der Waals surface area contributed by atoms with Crippen LogP contribution in [0.5, 0.6) is 5.75 Å². The van der Waals surface area contributed by atoms with Crippen molar-refractivity contribution >= 4 is 34.2 Å². The van der Waals surface area contributed by atoms with Gasteiger partial charge in [-0.3, -0.25) is 4.79 Å². The molecule has 0 aliphatic carbocycles. The number of carbonyl (C=O) groups excluding carboxylic acids is 1. The number of hydrogen-bond acceptors (Lipinski definition) is 3. The zero-order valence-electron chi connectivity index (χ0n) is 21.8. The number of carbonyl (C=O) groups is 1. The molecule has 6 heteroatoms. The number of rotatable bonds is 8. The number of imidazole rings is 1. The van der Waals surface area contributed by atoms with Crippen molar-refractivity contribution in [1.29, 1.82) is 0 Å². The molecule has 192 valence electrons. The number of nitrogens with zero attached hydrogens (tertiary/aromatic N) is 3. The number of unbranched alkanes of at least 4 members (excludes halogenated alkanes) is 1. The zero-order chi connectivity index (χ0) is 26.0. The molecule has 1 saturated heterocycles. The predicted octanol–water partition coefficient (Wildman–Crippen LogP) is 7.37. The SMILES string of the molecule is CC(C)(C)c1ccccc1OCCCCn1c(C2CC(=O)N(c3cccc(Cl)c3)C2)nc2ccccc21. The van der Waals surface area contributed by atoms with E-state index in [-0.39, 0.29) is 17.2 Å². The first-order valence-corrected chi connectivity index (χ1v) is 13.4. The van der Waals surface area contributed by atoms with Crippen molar-refractivity contribution in [3.05, 3.63) is 89.2 Å². The summed E-state index contributed by atoms with van der Waals surface area (Å²) in [7, 11) is 0. The summed E-state index contributed by atoms with van der Waals surface area (Å²) in [4.78, 5) is 19.8. The van der Waals surface area contributed by atoms with E-state index in [0.717, 1.165) is 47.7 Å². The maximum absolute atomic E-state index is 13.0. The Morgan fingerprint density at radius 3 is 2.59 bits per heavy atom. The Labute approximate surface area is 224 Å². The molecule has 5 nitrogen and oxygen atoms in total. The fourth-order valence-corrected chi connectivity index (χ4v) is 5.37. The van der Waals surface area contributed by atoms with Gasteiger partial charge in [-0.05, 0) is 60.2 Å². The molecule has 0 spiro atoms. The number of benzene rings is 3. The average molecular weight is 516 g/mol. The number of aryl methyl sites for hydroxylation is 1. The number of halogens is 1. The third-order valence-electron chi connectivity index (χ3n) is 7.02. The van der Waals surface area contributed by atoms with E-state index in [1.807, 2.05) is 47.4 Å². The van der Waals surface area contributed by atoms with Crippen molar-refractivity contribution in [3.63, 3.8) is 0 Å². The van der Waals surface area contributed by atoms with Gasteiger partial charge in [0.15, 0.2) is 0 Å². The number of aromatic nitrogens is 2. The molecule has 1 aliphatic heterocycles. The van der Waals surface area contributed by atoms with E-state index >= 15 is 0 Å². The first-order valence-electron chi connectivity index (χ1n) is 13.0. The monoisotopic (exact) mass is 515 g/mol. The molecule has 0 N–H and O–H groups in total. The molecule has 0 radical (unpaired) electrons. The summed E-state index contributed by atoms with van der Waals surface area (Å²) in [5.74, 6) is 2.10. The average Bonchev–Trinajstić information content (AvgIpc) is 3.44. The van der Waals surface area contributed by atoms with E-state index in [4.69, 9.17) is 21.3 Å². The van der Waals surface area contributed by atoms with E-state index in [2.05, 4.69) is 55.7 Å². The zero-order valence-corrected chi connectivity index (χ0v) is 22.5. The van der Waals surface area contributed by atoms with Gasteiger partial charge in [0.1, 0.15) is 11.6 Å². The minimum absolute atomic E-state index is 0.0359. The highest BCUT2D eigenvalue weighted by Crippen LogP contribution is 2.34. The molecule has 0 saturated carbocycles. The fourth-order valence-electron chi connectivity index (χ4n) is 5.18. The van der Waals surface area contributed by atoms with E-state index < -0.39 is 0 Å². The minimum atomic E-state index is 0.0359. The largest absolute Gasteiger partial charge is 0.493 e. The minimum Gasteiger partial charge on any atom is -0.493 e. The lowest BCUT2D eigenvalue weighted by Gasteiger charge is -2.22. The van der Waals surface area contributed by atoms with Gasteiger partial charge in [0.05, 0.1) is 17.6 Å². The molecule has 1 unspecified atom stereocenters. The quantitative estimate of drug-likeness (QED) is 0.230. The standard InChI is InChI=1S/C31H34ClN3O2/c1-31(2,3)25-13-4-7-16-28(25)37-18-9-8-17-34-27-15-6-5-14-26(27)33-30(34)22-19-29(36)35(21-22)24-12-10-11-23(32)20-24/h4-7,10-16,20,22H,8-9,17-19,21H2,1-3H3. The number of anilines is 1. The second-order valence-corrected chi connectivity index (χ2v) is 11.2. The topological polar surface area (TPSA) is 47.4 Å². The molecule has 37 heavy (non-hydrogen) atoms.